The lowest BCUT2D eigenvalue weighted by Crippen LogP contribution is -2.24. The molecule has 124 valence electrons. The molecule has 2 aliphatic rings. The van der Waals surface area contributed by atoms with Gasteiger partial charge in [0.2, 0.25) is 5.91 Å². The molecule has 0 spiro atoms. The lowest BCUT2D eigenvalue weighted by molar-refractivity contribution is -0.120. The highest BCUT2D eigenvalue weighted by Gasteiger charge is 2.40. The summed E-state index contributed by atoms with van der Waals surface area (Å²) in [6.45, 7) is 7.22. The van der Waals surface area contributed by atoms with Gasteiger partial charge in [-0.25, -0.2) is 0 Å². The molecule has 0 bridgehead atoms. The van der Waals surface area contributed by atoms with Gasteiger partial charge in [-0.1, -0.05) is 43.9 Å². The van der Waals surface area contributed by atoms with Gasteiger partial charge in [0.1, 0.15) is 0 Å². The van der Waals surface area contributed by atoms with Crippen molar-refractivity contribution in [3.63, 3.8) is 0 Å². The Morgan fingerprint density at radius 3 is 2.65 bits per heavy atom. The average Bonchev–Trinajstić information content (AvgIpc) is 3.11. The van der Waals surface area contributed by atoms with Crippen LogP contribution in [0.15, 0.2) is 11.4 Å². The molecule has 3 heteroatoms. The molecule has 1 aliphatic carbocycles. The predicted molar refractivity (Wildman–Crippen MR) is 96.5 cm³/mol. The summed E-state index contributed by atoms with van der Waals surface area (Å²) in [5.41, 5.74) is 1.19. The summed E-state index contributed by atoms with van der Waals surface area (Å²) in [7, 11) is 0. The third kappa shape index (κ3) is 3.98. The first-order valence-corrected chi connectivity index (χ1v) is 9.71. The summed E-state index contributed by atoms with van der Waals surface area (Å²) in [6, 6.07) is 2.15. The van der Waals surface area contributed by atoms with Crippen LogP contribution in [-0.2, 0) is 4.79 Å². The number of nitrogens with one attached hydrogen (secondary N) is 1. The molecule has 1 unspecified atom stereocenters. The minimum atomic E-state index is 0.0134. The van der Waals surface area contributed by atoms with Crippen molar-refractivity contribution < 1.29 is 4.79 Å². The molecule has 2 atom stereocenters. The quantitative estimate of drug-likeness (QED) is 0.792. The minimum Gasteiger partial charge on any atom is -0.355 e. The van der Waals surface area contributed by atoms with E-state index >= 15 is 0 Å². The molecule has 1 N–H and O–H groups in total. The number of hydrogen-bond donors (Lipinski definition) is 1. The van der Waals surface area contributed by atoms with Crippen LogP contribution < -0.4 is 5.32 Å². The van der Waals surface area contributed by atoms with Gasteiger partial charge < -0.3 is 5.32 Å². The van der Waals surface area contributed by atoms with Crippen molar-refractivity contribution >= 4 is 17.2 Å². The first-order chi connectivity index (χ1) is 10.9. The molecular weight excluding hydrogens is 302 g/mol. The monoisotopic (exact) mass is 329 g/mol. The average molecular weight is 330 g/mol. The van der Waals surface area contributed by atoms with Gasteiger partial charge in [0.15, 0.2) is 0 Å². The van der Waals surface area contributed by atoms with Gasteiger partial charge in [0.25, 0.3) is 0 Å². The molecule has 2 heterocycles. The van der Waals surface area contributed by atoms with Gasteiger partial charge in [-0.15, -0.1) is 11.3 Å². The summed E-state index contributed by atoms with van der Waals surface area (Å²) in [5.74, 6) is 8.00. The second kappa shape index (κ2) is 6.69. The minimum absolute atomic E-state index is 0.0134. The zero-order chi connectivity index (χ0) is 16.4. The van der Waals surface area contributed by atoms with Crippen LogP contribution in [0.2, 0.25) is 0 Å². The van der Waals surface area contributed by atoms with Crippen molar-refractivity contribution in [3.8, 4) is 11.8 Å². The summed E-state index contributed by atoms with van der Waals surface area (Å²) in [4.78, 5) is 13.5. The highest BCUT2D eigenvalue weighted by atomic mass is 32.1. The summed E-state index contributed by atoms with van der Waals surface area (Å²) >= 11 is 1.67. The Morgan fingerprint density at radius 2 is 1.96 bits per heavy atom. The van der Waals surface area contributed by atoms with Crippen molar-refractivity contribution in [2.75, 3.05) is 6.54 Å². The number of hydrogen-bond acceptors (Lipinski definition) is 2. The largest absolute Gasteiger partial charge is 0.355 e. The fraction of sp³-hybridized carbons (Fsp3) is 0.650. The van der Waals surface area contributed by atoms with E-state index in [0.29, 0.717) is 11.8 Å². The van der Waals surface area contributed by atoms with E-state index in [2.05, 4.69) is 49.4 Å². The maximum Gasteiger partial charge on any atom is 0.227 e. The summed E-state index contributed by atoms with van der Waals surface area (Å²) < 4.78 is 0. The Balaban J connectivity index is 1.79. The first-order valence-electron chi connectivity index (χ1n) is 8.83. The van der Waals surface area contributed by atoms with Gasteiger partial charge in [-0.2, -0.15) is 0 Å². The molecule has 2 fully saturated rings. The highest BCUT2D eigenvalue weighted by Crippen LogP contribution is 2.41. The molecule has 1 aromatic heterocycles. The Kier molecular flexibility index (Phi) is 4.82. The van der Waals surface area contributed by atoms with Gasteiger partial charge in [-0.05, 0) is 49.6 Å². The van der Waals surface area contributed by atoms with Crippen LogP contribution in [0, 0.1) is 29.1 Å². The second-order valence-corrected chi connectivity index (χ2v) is 8.94. The summed E-state index contributed by atoms with van der Waals surface area (Å²) in [6.07, 6.45) is 6.59. The van der Waals surface area contributed by atoms with Crippen LogP contribution in [0.25, 0.3) is 0 Å². The molecule has 23 heavy (non-hydrogen) atoms. The molecule has 1 saturated carbocycles. The normalized spacial score (nSPS) is 25.8. The standard InChI is InChI=1S/C20H27NOS/c1-20(2,3)10-9-16-11-15(13-23-16)18-17(12-21-19(18)22)14-7-5-4-6-8-14/h11,13-14,17-18H,4-8,12H2,1-3H3,(H,21,22)/t17?,18-/m0/s1. The third-order valence-corrected chi connectivity index (χ3v) is 5.88. The van der Waals surface area contributed by atoms with Gasteiger partial charge in [0.05, 0.1) is 10.8 Å². The molecule has 3 rings (SSSR count). The molecule has 1 amide bonds. The van der Waals surface area contributed by atoms with Crippen molar-refractivity contribution in [2.45, 2.75) is 58.8 Å². The van der Waals surface area contributed by atoms with Crippen molar-refractivity contribution in [2.24, 2.45) is 17.3 Å². The van der Waals surface area contributed by atoms with Crippen LogP contribution in [0.1, 0.15) is 69.2 Å². The number of carbonyl (C=O) groups excluding carboxylic acids is 1. The molecule has 1 aliphatic heterocycles. The van der Waals surface area contributed by atoms with Crippen LogP contribution in [-0.4, -0.2) is 12.5 Å². The smallest absolute Gasteiger partial charge is 0.227 e. The van der Waals surface area contributed by atoms with E-state index in [-0.39, 0.29) is 17.2 Å². The van der Waals surface area contributed by atoms with Gasteiger partial charge in [0, 0.05) is 12.0 Å². The Hall–Kier alpha value is -1.27. The van der Waals surface area contributed by atoms with Crippen LogP contribution in [0.4, 0.5) is 0 Å². The van der Waals surface area contributed by atoms with Crippen molar-refractivity contribution in [1.29, 1.82) is 0 Å². The zero-order valence-electron chi connectivity index (χ0n) is 14.4. The van der Waals surface area contributed by atoms with E-state index in [0.717, 1.165) is 11.4 Å². The fourth-order valence-corrected chi connectivity index (χ4v) is 4.66. The SMILES string of the molecule is CC(C)(C)C#Cc1cc([C@@H]2C(=O)NCC2C2CCCCC2)cs1. The zero-order valence-corrected chi connectivity index (χ0v) is 15.3. The number of carbonyl (C=O) groups is 1. The van der Waals surface area contributed by atoms with Crippen LogP contribution >= 0.6 is 11.3 Å². The number of amides is 1. The number of thiophene rings is 1. The maximum absolute atomic E-state index is 12.4. The third-order valence-electron chi connectivity index (χ3n) is 5.02. The molecular formula is C20H27NOS. The van der Waals surface area contributed by atoms with E-state index in [1.165, 1.54) is 37.7 Å². The van der Waals surface area contributed by atoms with E-state index in [1.54, 1.807) is 11.3 Å². The van der Waals surface area contributed by atoms with E-state index in [9.17, 15) is 4.79 Å². The topological polar surface area (TPSA) is 29.1 Å². The van der Waals surface area contributed by atoms with E-state index < -0.39 is 0 Å². The van der Waals surface area contributed by atoms with Crippen LogP contribution in [0.5, 0.6) is 0 Å². The molecule has 0 radical (unpaired) electrons. The Morgan fingerprint density at radius 1 is 1.22 bits per heavy atom. The Labute approximate surface area is 144 Å². The molecule has 1 saturated heterocycles. The van der Waals surface area contributed by atoms with Crippen molar-refractivity contribution in [3.05, 3.63) is 21.9 Å². The first kappa shape index (κ1) is 16.6. The number of rotatable bonds is 2. The Bertz CT molecular complexity index is 622. The fourth-order valence-electron chi connectivity index (χ4n) is 3.87. The summed E-state index contributed by atoms with van der Waals surface area (Å²) in [5, 5.41) is 5.26. The second-order valence-electron chi connectivity index (χ2n) is 8.03. The predicted octanol–water partition coefficient (Wildman–Crippen LogP) is 4.56. The van der Waals surface area contributed by atoms with Gasteiger partial charge >= 0.3 is 0 Å². The van der Waals surface area contributed by atoms with E-state index in [4.69, 9.17) is 0 Å². The highest BCUT2D eigenvalue weighted by molar-refractivity contribution is 7.10. The van der Waals surface area contributed by atoms with Gasteiger partial charge in [-0.3, -0.25) is 4.79 Å². The van der Waals surface area contributed by atoms with Crippen LogP contribution in [0.3, 0.4) is 0 Å². The van der Waals surface area contributed by atoms with E-state index in [1.807, 2.05) is 0 Å². The molecule has 1 aromatic rings. The molecule has 2 nitrogen and oxygen atoms in total. The van der Waals surface area contributed by atoms with Crippen molar-refractivity contribution in [1.82, 2.24) is 5.32 Å². The lowest BCUT2D eigenvalue weighted by atomic mass is 9.74. The molecule has 0 aromatic carbocycles. The maximum atomic E-state index is 12.4. The lowest BCUT2D eigenvalue weighted by Gasteiger charge is -2.29.